The van der Waals surface area contributed by atoms with Crippen molar-refractivity contribution in [2.75, 3.05) is 45.2 Å². The Balaban J connectivity index is 2.07. The maximum atomic E-state index is 12.6. The summed E-state index contributed by atoms with van der Waals surface area (Å²) in [7, 11) is 2.04. The molecule has 1 amide bonds. The predicted molar refractivity (Wildman–Crippen MR) is 93.8 cm³/mol. The van der Waals surface area contributed by atoms with Gasteiger partial charge >= 0.3 is 5.97 Å². The molecule has 1 fully saturated rings. The smallest absolute Gasteiger partial charge is 0.350 e. The lowest BCUT2D eigenvalue weighted by atomic mass is 10.1. The van der Waals surface area contributed by atoms with Gasteiger partial charge in [0, 0.05) is 43.6 Å². The molecule has 0 unspecified atom stereocenters. The number of benzene rings is 1. The van der Waals surface area contributed by atoms with Crippen LogP contribution < -0.4 is 5.32 Å². The molecule has 1 aromatic rings. The summed E-state index contributed by atoms with van der Waals surface area (Å²) in [5.74, 6) is -0.700. The minimum Gasteiger partial charge on any atom is -0.462 e. The fraction of sp³-hybridized carbons (Fsp3) is 0.389. The van der Waals surface area contributed by atoms with Crippen molar-refractivity contribution in [2.24, 2.45) is 0 Å². The summed E-state index contributed by atoms with van der Waals surface area (Å²) in [5, 5.41) is 11.9. The fourth-order valence-corrected chi connectivity index (χ4v) is 2.44. The van der Waals surface area contributed by atoms with Crippen LogP contribution in [0.15, 0.2) is 36.0 Å². The SMILES string of the molecule is CCOC(=O)/C(C#N)=C\Nc1cccc(C(=O)N2CCN(C)CC2)c1. The highest BCUT2D eigenvalue weighted by Crippen LogP contribution is 2.14. The molecule has 7 heteroatoms. The van der Waals surface area contributed by atoms with Crippen LogP contribution in [0.25, 0.3) is 0 Å². The lowest BCUT2D eigenvalue weighted by molar-refractivity contribution is -0.138. The van der Waals surface area contributed by atoms with Gasteiger partial charge in [-0.25, -0.2) is 4.79 Å². The molecule has 1 saturated heterocycles. The summed E-state index contributed by atoms with van der Waals surface area (Å²) in [4.78, 5) is 28.2. The van der Waals surface area contributed by atoms with Crippen molar-refractivity contribution < 1.29 is 14.3 Å². The number of hydrogen-bond donors (Lipinski definition) is 1. The molecule has 0 radical (unpaired) electrons. The molecule has 7 nitrogen and oxygen atoms in total. The van der Waals surface area contributed by atoms with Crippen molar-refractivity contribution >= 4 is 17.6 Å². The van der Waals surface area contributed by atoms with Crippen LogP contribution in [-0.2, 0) is 9.53 Å². The molecule has 1 N–H and O–H groups in total. The zero-order valence-corrected chi connectivity index (χ0v) is 14.5. The molecule has 1 heterocycles. The predicted octanol–water partition coefficient (Wildman–Crippen LogP) is 1.46. The second-order valence-corrected chi connectivity index (χ2v) is 5.71. The first kappa shape index (κ1) is 18.5. The highest BCUT2D eigenvalue weighted by molar-refractivity contribution is 5.95. The second kappa shape index (κ2) is 8.85. The lowest BCUT2D eigenvalue weighted by Gasteiger charge is -2.32. The normalized spacial score (nSPS) is 15.4. The van der Waals surface area contributed by atoms with Gasteiger partial charge in [0.15, 0.2) is 5.57 Å². The number of ether oxygens (including phenoxy) is 1. The molecule has 0 aliphatic carbocycles. The number of rotatable bonds is 5. The molecular formula is C18H22N4O3. The summed E-state index contributed by atoms with van der Waals surface area (Å²) in [6.45, 7) is 5.00. The molecule has 0 aromatic heterocycles. The van der Waals surface area contributed by atoms with E-state index in [1.54, 1.807) is 37.3 Å². The number of amides is 1. The Labute approximate surface area is 147 Å². The Morgan fingerprint density at radius 2 is 2.04 bits per heavy atom. The van der Waals surface area contributed by atoms with E-state index >= 15 is 0 Å². The number of esters is 1. The number of nitrogens with zero attached hydrogens (tertiary/aromatic N) is 3. The second-order valence-electron chi connectivity index (χ2n) is 5.71. The Hall–Kier alpha value is -2.85. The van der Waals surface area contributed by atoms with Crippen LogP contribution >= 0.6 is 0 Å². The van der Waals surface area contributed by atoms with Crippen molar-refractivity contribution in [3.05, 3.63) is 41.6 Å². The molecular weight excluding hydrogens is 320 g/mol. The van der Waals surface area contributed by atoms with E-state index < -0.39 is 5.97 Å². The van der Waals surface area contributed by atoms with Gasteiger partial charge in [-0.2, -0.15) is 5.26 Å². The van der Waals surface area contributed by atoms with Crippen molar-refractivity contribution in [3.8, 4) is 6.07 Å². The van der Waals surface area contributed by atoms with Gasteiger partial charge in [0.1, 0.15) is 6.07 Å². The number of piperazine rings is 1. The molecule has 25 heavy (non-hydrogen) atoms. The summed E-state index contributed by atoms with van der Waals surface area (Å²) < 4.78 is 4.80. The van der Waals surface area contributed by atoms with E-state index in [1.807, 2.05) is 11.9 Å². The first-order valence-corrected chi connectivity index (χ1v) is 8.17. The Morgan fingerprint density at radius 1 is 1.32 bits per heavy atom. The number of likely N-dealkylation sites (N-methyl/N-ethyl adjacent to an activating group) is 1. The number of carbonyl (C=O) groups excluding carboxylic acids is 2. The van der Waals surface area contributed by atoms with E-state index in [9.17, 15) is 9.59 Å². The standard InChI is InChI=1S/C18H22N4O3/c1-3-25-18(24)15(12-19)13-20-16-6-4-5-14(11-16)17(23)22-9-7-21(2)8-10-22/h4-6,11,13,20H,3,7-10H2,1-2H3/b15-13-. The highest BCUT2D eigenvalue weighted by atomic mass is 16.5. The fourth-order valence-electron chi connectivity index (χ4n) is 2.44. The Kier molecular flexibility index (Phi) is 6.54. The quantitative estimate of drug-likeness (QED) is 0.495. The maximum absolute atomic E-state index is 12.6. The van der Waals surface area contributed by atoms with Crippen LogP contribution in [0.4, 0.5) is 5.69 Å². The van der Waals surface area contributed by atoms with Crippen LogP contribution in [0.3, 0.4) is 0 Å². The molecule has 132 valence electrons. The molecule has 0 spiro atoms. The third-order valence-electron chi connectivity index (χ3n) is 3.90. The van der Waals surface area contributed by atoms with Gasteiger partial charge < -0.3 is 19.9 Å². The summed E-state index contributed by atoms with van der Waals surface area (Å²) in [6.07, 6.45) is 1.29. The Bertz CT molecular complexity index is 701. The van der Waals surface area contributed by atoms with Gasteiger partial charge in [0.2, 0.25) is 0 Å². The van der Waals surface area contributed by atoms with E-state index in [0.29, 0.717) is 24.3 Å². The zero-order valence-electron chi connectivity index (χ0n) is 14.5. The van der Waals surface area contributed by atoms with Crippen LogP contribution in [0, 0.1) is 11.3 Å². The van der Waals surface area contributed by atoms with E-state index in [4.69, 9.17) is 10.00 Å². The largest absolute Gasteiger partial charge is 0.462 e. The van der Waals surface area contributed by atoms with Crippen molar-refractivity contribution in [3.63, 3.8) is 0 Å². The molecule has 1 aliphatic rings. The first-order valence-electron chi connectivity index (χ1n) is 8.17. The summed E-state index contributed by atoms with van der Waals surface area (Å²) in [5.41, 5.74) is 1.06. The highest BCUT2D eigenvalue weighted by Gasteiger charge is 2.20. The molecule has 1 aliphatic heterocycles. The Morgan fingerprint density at radius 3 is 2.68 bits per heavy atom. The van der Waals surface area contributed by atoms with Gasteiger partial charge in [-0.05, 0) is 32.2 Å². The molecule has 2 rings (SSSR count). The van der Waals surface area contributed by atoms with E-state index in [2.05, 4.69) is 10.2 Å². The van der Waals surface area contributed by atoms with Crippen LogP contribution in [0.5, 0.6) is 0 Å². The number of nitrogens with one attached hydrogen (secondary N) is 1. The van der Waals surface area contributed by atoms with Crippen molar-refractivity contribution in [1.82, 2.24) is 9.80 Å². The molecule has 0 bridgehead atoms. The number of hydrogen-bond acceptors (Lipinski definition) is 6. The van der Waals surface area contributed by atoms with Crippen LogP contribution in [0.2, 0.25) is 0 Å². The van der Waals surface area contributed by atoms with E-state index in [-0.39, 0.29) is 18.1 Å². The first-order chi connectivity index (χ1) is 12.0. The maximum Gasteiger partial charge on any atom is 0.350 e. The third-order valence-corrected chi connectivity index (χ3v) is 3.90. The van der Waals surface area contributed by atoms with Crippen LogP contribution in [0.1, 0.15) is 17.3 Å². The van der Waals surface area contributed by atoms with E-state index in [0.717, 1.165) is 13.1 Å². The summed E-state index contributed by atoms with van der Waals surface area (Å²) >= 11 is 0. The van der Waals surface area contributed by atoms with Gasteiger partial charge in [0.05, 0.1) is 6.61 Å². The van der Waals surface area contributed by atoms with Gasteiger partial charge in [-0.3, -0.25) is 4.79 Å². The van der Waals surface area contributed by atoms with Gasteiger partial charge in [0.25, 0.3) is 5.91 Å². The topological polar surface area (TPSA) is 85.7 Å². The van der Waals surface area contributed by atoms with Crippen molar-refractivity contribution in [2.45, 2.75) is 6.92 Å². The average Bonchev–Trinajstić information content (AvgIpc) is 2.63. The lowest BCUT2D eigenvalue weighted by Crippen LogP contribution is -2.47. The minimum atomic E-state index is -0.679. The number of nitriles is 1. The summed E-state index contributed by atoms with van der Waals surface area (Å²) in [6, 6.07) is 8.78. The van der Waals surface area contributed by atoms with Gasteiger partial charge in [-0.15, -0.1) is 0 Å². The number of carbonyl (C=O) groups is 2. The average molecular weight is 342 g/mol. The van der Waals surface area contributed by atoms with Gasteiger partial charge in [-0.1, -0.05) is 6.07 Å². The molecule has 1 aromatic carbocycles. The van der Waals surface area contributed by atoms with Crippen LogP contribution in [-0.4, -0.2) is 61.5 Å². The number of anilines is 1. The van der Waals surface area contributed by atoms with E-state index in [1.165, 1.54) is 6.20 Å². The third kappa shape index (κ3) is 5.06. The molecule has 0 atom stereocenters. The molecule has 0 saturated carbocycles. The zero-order chi connectivity index (χ0) is 18.2. The minimum absolute atomic E-state index is 0.0216. The van der Waals surface area contributed by atoms with Crippen molar-refractivity contribution in [1.29, 1.82) is 5.26 Å². The monoisotopic (exact) mass is 342 g/mol.